The second-order valence-electron chi connectivity index (χ2n) is 10.8. The van der Waals surface area contributed by atoms with Gasteiger partial charge in [0.15, 0.2) is 0 Å². The first-order valence-corrected chi connectivity index (χ1v) is 14.0. The van der Waals surface area contributed by atoms with Crippen LogP contribution in [0, 0.1) is 5.92 Å². The van der Waals surface area contributed by atoms with Gasteiger partial charge >= 0.3 is 0 Å². The number of anilines is 1. The van der Waals surface area contributed by atoms with Crippen LogP contribution in [0.5, 0.6) is 0 Å². The molecule has 0 bridgehead atoms. The molecule has 7 heterocycles. The van der Waals surface area contributed by atoms with Gasteiger partial charge in [0.2, 0.25) is 0 Å². The summed E-state index contributed by atoms with van der Waals surface area (Å²) in [5.74, 6) is 1.79. The summed E-state index contributed by atoms with van der Waals surface area (Å²) < 4.78 is 0. The minimum absolute atomic E-state index is 0.674. The van der Waals surface area contributed by atoms with Crippen LogP contribution in [-0.2, 0) is 0 Å². The Morgan fingerprint density at radius 3 is 2.76 bits per heavy atom. The van der Waals surface area contributed by atoms with Gasteiger partial charge in [0, 0.05) is 36.3 Å². The molecule has 3 aliphatic rings. The second kappa shape index (κ2) is 10.2. The molecule has 0 aliphatic carbocycles. The number of aliphatic imine (C=N–C) groups is 1. The zero-order valence-corrected chi connectivity index (χ0v) is 21.7. The van der Waals surface area contributed by atoms with Gasteiger partial charge in [0.05, 0.1) is 35.2 Å². The van der Waals surface area contributed by atoms with E-state index < -0.39 is 0 Å². The third kappa shape index (κ3) is 4.53. The minimum atomic E-state index is 0.674. The average Bonchev–Trinajstić information content (AvgIpc) is 3.52. The highest BCUT2D eigenvalue weighted by atomic mass is 15.2. The molecular weight excluding hydrogens is 472 g/mol. The van der Waals surface area contributed by atoms with Crippen molar-refractivity contribution in [2.45, 2.75) is 38.5 Å². The van der Waals surface area contributed by atoms with E-state index in [0.717, 1.165) is 88.8 Å². The molecule has 0 spiro atoms. The first-order chi connectivity index (χ1) is 18.8. The van der Waals surface area contributed by atoms with Gasteiger partial charge in [-0.3, -0.25) is 15.1 Å². The van der Waals surface area contributed by atoms with Gasteiger partial charge in [-0.1, -0.05) is 6.08 Å². The lowest BCUT2D eigenvalue weighted by Gasteiger charge is -2.28. The summed E-state index contributed by atoms with van der Waals surface area (Å²) >= 11 is 0. The van der Waals surface area contributed by atoms with E-state index in [0.29, 0.717) is 6.54 Å². The minimum Gasteiger partial charge on any atom is -0.356 e. The molecule has 3 aliphatic heterocycles. The lowest BCUT2D eigenvalue weighted by atomic mass is 9.90. The zero-order valence-electron chi connectivity index (χ0n) is 21.7. The molecule has 8 heteroatoms. The van der Waals surface area contributed by atoms with Gasteiger partial charge in [-0.15, -0.1) is 0 Å². The first kappa shape index (κ1) is 23.3. The quantitative estimate of drug-likeness (QED) is 0.342. The summed E-state index contributed by atoms with van der Waals surface area (Å²) in [4.78, 5) is 20.2. The fraction of sp³-hybridized carbons (Fsp3) is 0.400. The second-order valence-corrected chi connectivity index (χ2v) is 10.8. The van der Waals surface area contributed by atoms with Gasteiger partial charge < -0.3 is 15.2 Å². The Labute approximate surface area is 222 Å². The van der Waals surface area contributed by atoms with E-state index in [9.17, 15) is 0 Å². The molecule has 7 rings (SSSR count). The molecule has 0 radical (unpaired) electrons. The molecule has 0 saturated carbocycles. The standard InChI is InChI=1S/C30H34N8/c1-2-12-38(13-3-1)30-24-17-27(35-25(24)7-11-33-30)29-23-16-26(34-19-28(23)36-37-29)22-6-10-32-18-21(15-22)14-20-4-8-31-9-5-20/h6-7,11,15-20,31,35H,1-5,8-10,12-14H2,(H,36,37). The molecule has 8 nitrogen and oxygen atoms in total. The predicted octanol–water partition coefficient (Wildman–Crippen LogP) is 5.28. The highest BCUT2D eigenvalue weighted by molar-refractivity contribution is 5.99. The summed E-state index contributed by atoms with van der Waals surface area (Å²) in [5, 5.41) is 13.6. The lowest BCUT2D eigenvalue weighted by molar-refractivity contribution is 0.375. The number of H-pyrrole nitrogens is 2. The fourth-order valence-electron chi connectivity index (χ4n) is 6.13. The Balaban J connectivity index is 1.22. The number of aromatic amines is 2. The predicted molar refractivity (Wildman–Crippen MR) is 155 cm³/mol. The van der Waals surface area contributed by atoms with E-state index in [1.165, 1.54) is 37.7 Å². The van der Waals surface area contributed by atoms with E-state index >= 15 is 0 Å². The molecule has 38 heavy (non-hydrogen) atoms. The van der Waals surface area contributed by atoms with E-state index in [1.54, 1.807) is 0 Å². The molecule has 0 atom stereocenters. The summed E-state index contributed by atoms with van der Waals surface area (Å²) in [5.41, 5.74) is 7.32. The Hall–Kier alpha value is -3.78. The lowest BCUT2D eigenvalue weighted by Crippen LogP contribution is -2.30. The van der Waals surface area contributed by atoms with Crippen LogP contribution >= 0.6 is 0 Å². The summed E-state index contributed by atoms with van der Waals surface area (Å²) in [7, 11) is 0. The number of nitrogens with zero attached hydrogens (tertiary/aromatic N) is 5. The molecule has 2 fully saturated rings. The van der Waals surface area contributed by atoms with Crippen molar-refractivity contribution in [1.29, 1.82) is 0 Å². The number of hydrogen-bond donors (Lipinski definition) is 3. The Morgan fingerprint density at radius 1 is 0.974 bits per heavy atom. The van der Waals surface area contributed by atoms with Crippen LogP contribution in [0.1, 0.15) is 44.2 Å². The largest absolute Gasteiger partial charge is 0.356 e. The van der Waals surface area contributed by atoms with E-state index in [-0.39, 0.29) is 0 Å². The number of allylic oxidation sites excluding steroid dienone is 3. The number of pyridine rings is 2. The van der Waals surface area contributed by atoms with Crippen LogP contribution in [-0.4, -0.2) is 64.1 Å². The van der Waals surface area contributed by atoms with Crippen molar-refractivity contribution >= 4 is 39.4 Å². The smallest absolute Gasteiger partial charge is 0.137 e. The van der Waals surface area contributed by atoms with E-state index in [4.69, 9.17) is 15.1 Å². The maximum atomic E-state index is 4.80. The molecule has 3 N–H and O–H groups in total. The van der Waals surface area contributed by atoms with Crippen LogP contribution in [0.25, 0.3) is 38.8 Å². The Bertz CT molecular complexity index is 1540. The van der Waals surface area contributed by atoms with Crippen LogP contribution in [0.4, 0.5) is 5.82 Å². The van der Waals surface area contributed by atoms with Gasteiger partial charge in [0.25, 0.3) is 0 Å². The average molecular weight is 507 g/mol. The molecule has 0 unspecified atom stereocenters. The van der Waals surface area contributed by atoms with Crippen molar-refractivity contribution in [1.82, 2.24) is 30.5 Å². The van der Waals surface area contributed by atoms with Gasteiger partial charge in [-0.25, -0.2) is 4.98 Å². The van der Waals surface area contributed by atoms with E-state index in [2.05, 4.69) is 61.9 Å². The van der Waals surface area contributed by atoms with Gasteiger partial charge in [-0.05, 0) is 93.0 Å². The maximum Gasteiger partial charge on any atom is 0.137 e. The first-order valence-electron chi connectivity index (χ1n) is 14.0. The molecule has 4 aromatic heterocycles. The van der Waals surface area contributed by atoms with Crippen molar-refractivity contribution in [3.05, 3.63) is 54.0 Å². The van der Waals surface area contributed by atoms with Crippen LogP contribution < -0.4 is 10.2 Å². The number of rotatable bonds is 5. The van der Waals surface area contributed by atoms with Crippen LogP contribution in [0.2, 0.25) is 0 Å². The zero-order chi connectivity index (χ0) is 25.3. The maximum absolute atomic E-state index is 4.80. The number of fused-ring (bicyclic) bond motifs is 2. The van der Waals surface area contributed by atoms with Crippen LogP contribution in [0.3, 0.4) is 0 Å². The fourth-order valence-corrected chi connectivity index (χ4v) is 6.13. The van der Waals surface area contributed by atoms with Gasteiger partial charge in [-0.2, -0.15) is 5.10 Å². The number of piperidine rings is 2. The number of nitrogens with one attached hydrogen (secondary N) is 3. The highest BCUT2D eigenvalue weighted by Crippen LogP contribution is 2.34. The normalized spacial score (nSPS) is 19.1. The topological polar surface area (TPSA) is 97.9 Å². The van der Waals surface area contributed by atoms with Crippen molar-refractivity contribution in [3.63, 3.8) is 0 Å². The Morgan fingerprint density at radius 2 is 1.87 bits per heavy atom. The van der Waals surface area contributed by atoms with Crippen LogP contribution in [0.15, 0.2) is 53.3 Å². The molecule has 0 aromatic carbocycles. The number of aromatic nitrogens is 5. The summed E-state index contributed by atoms with van der Waals surface area (Å²) in [6.45, 7) is 5.04. The highest BCUT2D eigenvalue weighted by Gasteiger charge is 2.19. The third-order valence-electron chi connectivity index (χ3n) is 8.18. The molecule has 194 valence electrons. The summed E-state index contributed by atoms with van der Waals surface area (Å²) in [6, 6.07) is 6.43. The van der Waals surface area contributed by atoms with Crippen molar-refractivity contribution in [3.8, 4) is 11.4 Å². The van der Waals surface area contributed by atoms with E-state index in [1.807, 2.05) is 12.4 Å². The van der Waals surface area contributed by atoms with Gasteiger partial charge in [0.1, 0.15) is 11.5 Å². The van der Waals surface area contributed by atoms with Crippen molar-refractivity contribution in [2.75, 3.05) is 37.6 Å². The van der Waals surface area contributed by atoms with Crippen molar-refractivity contribution < 1.29 is 0 Å². The molecule has 0 amide bonds. The number of hydrogen-bond acceptors (Lipinski definition) is 6. The SMILES string of the molecule is C1=NCC=C(c2cc3c(-c4cc5c(N6CCCCC6)nccc5[nH]4)n[nH]c3cn2)C=C1CC1CCNCC1. The monoisotopic (exact) mass is 506 g/mol. The molecule has 4 aromatic rings. The third-order valence-corrected chi connectivity index (χ3v) is 8.18. The molecule has 2 saturated heterocycles. The Kier molecular flexibility index (Phi) is 6.25. The summed E-state index contributed by atoms with van der Waals surface area (Å²) in [6.07, 6.45) is 17.6. The molecular formula is C30H34N8. The van der Waals surface area contributed by atoms with Crippen molar-refractivity contribution in [2.24, 2.45) is 10.9 Å².